The third-order valence-corrected chi connectivity index (χ3v) is 5.71. The fourth-order valence-corrected chi connectivity index (χ4v) is 3.96. The summed E-state index contributed by atoms with van der Waals surface area (Å²) in [5.74, 6) is 2.30. The number of hydrogen-bond donors (Lipinski definition) is 1. The van der Waals surface area contributed by atoms with Crippen LogP contribution in [0.4, 0.5) is 0 Å². The molecule has 0 bridgehead atoms. The maximum absolute atomic E-state index is 12.3. The number of carbonyl (C=O) groups is 1. The average molecular weight is 446 g/mol. The fraction of sp³-hybridized carbons (Fsp3) is 0.333. The van der Waals surface area contributed by atoms with Gasteiger partial charge in [-0.1, -0.05) is 38.1 Å². The predicted octanol–water partition coefficient (Wildman–Crippen LogP) is 5.85. The van der Waals surface area contributed by atoms with E-state index < -0.39 is 0 Å². The summed E-state index contributed by atoms with van der Waals surface area (Å²) in [6.07, 6.45) is 3.37. The number of aryl methyl sites for hydroxylation is 2. The predicted molar refractivity (Wildman–Crippen MR) is 130 cm³/mol. The van der Waals surface area contributed by atoms with Crippen molar-refractivity contribution >= 4 is 16.9 Å². The molecule has 2 aromatic carbocycles. The Labute approximate surface area is 194 Å². The van der Waals surface area contributed by atoms with Gasteiger partial charge in [-0.2, -0.15) is 0 Å². The second kappa shape index (κ2) is 10.4. The molecule has 0 fully saturated rings. The molecule has 1 N–H and O–H groups in total. The van der Waals surface area contributed by atoms with Crippen molar-refractivity contribution in [2.75, 3.05) is 6.61 Å². The first-order valence-corrected chi connectivity index (χ1v) is 11.5. The molecule has 6 heteroatoms. The van der Waals surface area contributed by atoms with E-state index in [1.807, 2.05) is 18.2 Å². The summed E-state index contributed by atoms with van der Waals surface area (Å²) in [6.45, 7) is 8.28. The number of amides is 1. The molecule has 2 heterocycles. The smallest absolute Gasteiger partial charge is 0.287 e. The molecule has 0 aliphatic rings. The van der Waals surface area contributed by atoms with Gasteiger partial charge in [0.1, 0.15) is 11.6 Å². The third-order valence-electron chi connectivity index (χ3n) is 5.71. The normalized spacial score (nSPS) is 11.3. The minimum Gasteiger partial charge on any atom is -0.493 e. The van der Waals surface area contributed by atoms with Gasteiger partial charge in [-0.25, -0.2) is 4.98 Å². The van der Waals surface area contributed by atoms with Crippen LogP contribution in [0.3, 0.4) is 0 Å². The number of rotatable bonds is 10. The first-order valence-electron chi connectivity index (χ1n) is 11.5. The molecule has 2 aromatic heterocycles. The highest BCUT2D eigenvalue weighted by Crippen LogP contribution is 2.27. The Balaban J connectivity index is 1.38. The number of carbonyl (C=O) groups excluding carboxylic acids is 1. The van der Waals surface area contributed by atoms with Gasteiger partial charge in [0.15, 0.2) is 5.76 Å². The van der Waals surface area contributed by atoms with Crippen LogP contribution in [0.1, 0.15) is 60.1 Å². The molecule has 0 atom stereocenters. The maximum Gasteiger partial charge on any atom is 0.287 e. The van der Waals surface area contributed by atoms with Crippen LogP contribution in [0, 0.1) is 6.92 Å². The van der Waals surface area contributed by atoms with E-state index in [1.54, 1.807) is 12.1 Å². The number of para-hydroxylation sites is 2. The van der Waals surface area contributed by atoms with Crippen molar-refractivity contribution in [2.24, 2.45) is 0 Å². The fourth-order valence-electron chi connectivity index (χ4n) is 3.96. The lowest BCUT2D eigenvalue weighted by atomic mass is 10.0. The molecule has 0 aliphatic carbocycles. The molecule has 0 radical (unpaired) electrons. The van der Waals surface area contributed by atoms with Gasteiger partial charge in [-0.15, -0.1) is 0 Å². The first kappa shape index (κ1) is 22.6. The standard InChI is InChI=1S/C27H31N3O3/c1-19(2)21-13-12-20(3)17-25(21)33-15-7-6-14-30-23-10-5-4-9-22(23)29-26(30)18-28-27(31)24-11-8-16-32-24/h4-5,8-13,16-17,19H,6-7,14-15,18H2,1-3H3,(H,28,31). The molecule has 0 aliphatic heterocycles. The summed E-state index contributed by atoms with van der Waals surface area (Å²) in [6, 6.07) is 17.8. The Hall–Kier alpha value is -3.54. The lowest BCUT2D eigenvalue weighted by molar-refractivity contribution is 0.0921. The van der Waals surface area contributed by atoms with Gasteiger partial charge >= 0.3 is 0 Å². The second-order valence-electron chi connectivity index (χ2n) is 8.58. The van der Waals surface area contributed by atoms with E-state index in [9.17, 15) is 4.79 Å². The van der Waals surface area contributed by atoms with Gasteiger partial charge in [0.05, 0.1) is 30.4 Å². The van der Waals surface area contributed by atoms with Crippen LogP contribution in [0.15, 0.2) is 65.3 Å². The van der Waals surface area contributed by atoms with Crippen LogP contribution in [0.2, 0.25) is 0 Å². The molecule has 6 nitrogen and oxygen atoms in total. The molecule has 172 valence electrons. The number of hydrogen-bond acceptors (Lipinski definition) is 4. The van der Waals surface area contributed by atoms with E-state index in [0.29, 0.717) is 24.8 Å². The number of benzene rings is 2. The molecule has 0 saturated heterocycles. The van der Waals surface area contributed by atoms with Gasteiger partial charge in [0.2, 0.25) is 0 Å². The molecule has 1 amide bonds. The average Bonchev–Trinajstić information content (AvgIpc) is 3.46. The SMILES string of the molecule is Cc1ccc(C(C)C)c(OCCCCn2c(CNC(=O)c3ccco3)nc3ccccc32)c1. The molecule has 0 saturated carbocycles. The van der Waals surface area contributed by atoms with Crippen LogP contribution in [-0.2, 0) is 13.1 Å². The van der Waals surface area contributed by atoms with Crippen molar-refractivity contribution in [2.45, 2.75) is 52.6 Å². The van der Waals surface area contributed by atoms with Crippen LogP contribution in [0.5, 0.6) is 5.75 Å². The largest absolute Gasteiger partial charge is 0.493 e. The molecule has 4 aromatic rings. The number of nitrogens with zero attached hydrogens (tertiary/aromatic N) is 2. The van der Waals surface area contributed by atoms with Gasteiger partial charge in [0.25, 0.3) is 5.91 Å². The Morgan fingerprint density at radius 1 is 1.12 bits per heavy atom. The third kappa shape index (κ3) is 5.45. The second-order valence-corrected chi connectivity index (χ2v) is 8.58. The summed E-state index contributed by atoms with van der Waals surface area (Å²) in [5, 5.41) is 2.91. The maximum atomic E-state index is 12.3. The lowest BCUT2D eigenvalue weighted by Gasteiger charge is -2.15. The van der Waals surface area contributed by atoms with E-state index in [-0.39, 0.29) is 5.91 Å². The Morgan fingerprint density at radius 2 is 1.97 bits per heavy atom. The summed E-state index contributed by atoms with van der Waals surface area (Å²) in [5.41, 5.74) is 4.45. The van der Waals surface area contributed by atoms with Crippen molar-refractivity contribution in [3.8, 4) is 5.75 Å². The Bertz CT molecular complexity index is 1210. The van der Waals surface area contributed by atoms with Gasteiger partial charge in [-0.05, 0) is 67.1 Å². The Kier molecular flexibility index (Phi) is 7.13. The topological polar surface area (TPSA) is 69.3 Å². The summed E-state index contributed by atoms with van der Waals surface area (Å²) >= 11 is 0. The van der Waals surface area contributed by atoms with Crippen molar-refractivity contribution in [1.29, 1.82) is 0 Å². The van der Waals surface area contributed by atoms with Crippen LogP contribution < -0.4 is 10.1 Å². The number of furan rings is 1. The van der Waals surface area contributed by atoms with E-state index in [2.05, 4.69) is 54.9 Å². The van der Waals surface area contributed by atoms with E-state index in [0.717, 1.165) is 42.0 Å². The summed E-state index contributed by atoms with van der Waals surface area (Å²) in [4.78, 5) is 17.0. The van der Waals surface area contributed by atoms with E-state index in [4.69, 9.17) is 14.1 Å². The highest BCUT2D eigenvalue weighted by Gasteiger charge is 2.14. The number of aromatic nitrogens is 2. The van der Waals surface area contributed by atoms with E-state index in [1.165, 1.54) is 17.4 Å². The number of fused-ring (bicyclic) bond motifs is 1. The van der Waals surface area contributed by atoms with Gasteiger partial charge < -0.3 is 19.0 Å². The highest BCUT2D eigenvalue weighted by atomic mass is 16.5. The monoisotopic (exact) mass is 445 g/mol. The zero-order chi connectivity index (χ0) is 23.2. The highest BCUT2D eigenvalue weighted by molar-refractivity contribution is 5.91. The van der Waals surface area contributed by atoms with Crippen molar-refractivity contribution < 1.29 is 13.9 Å². The zero-order valence-corrected chi connectivity index (χ0v) is 19.5. The van der Waals surface area contributed by atoms with Crippen molar-refractivity contribution in [3.05, 3.63) is 83.6 Å². The minimum absolute atomic E-state index is 0.244. The van der Waals surface area contributed by atoms with Crippen molar-refractivity contribution in [1.82, 2.24) is 14.9 Å². The van der Waals surface area contributed by atoms with Crippen LogP contribution in [0.25, 0.3) is 11.0 Å². The summed E-state index contributed by atoms with van der Waals surface area (Å²) in [7, 11) is 0. The molecule has 0 spiro atoms. The molecular formula is C27H31N3O3. The molecular weight excluding hydrogens is 414 g/mol. The quantitative estimate of drug-likeness (QED) is 0.311. The molecule has 0 unspecified atom stereocenters. The molecule has 33 heavy (non-hydrogen) atoms. The van der Waals surface area contributed by atoms with Crippen LogP contribution >= 0.6 is 0 Å². The van der Waals surface area contributed by atoms with Crippen LogP contribution in [-0.4, -0.2) is 22.1 Å². The van der Waals surface area contributed by atoms with Gasteiger partial charge in [0, 0.05) is 6.54 Å². The zero-order valence-electron chi connectivity index (χ0n) is 19.5. The van der Waals surface area contributed by atoms with Crippen molar-refractivity contribution in [3.63, 3.8) is 0 Å². The number of imidazole rings is 1. The van der Waals surface area contributed by atoms with Gasteiger partial charge in [-0.3, -0.25) is 4.79 Å². The minimum atomic E-state index is -0.244. The number of nitrogens with one attached hydrogen (secondary N) is 1. The number of ether oxygens (including phenoxy) is 1. The van der Waals surface area contributed by atoms with E-state index >= 15 is 0 Å². The first-order chi connectivity index (χ1) is 16.0. The number of unbranched alkanes of at least 4 members (excludes halogenated alkanes) is 1. The Morgan fingerprint density at radius 3 is 2.76 bits per heavy atom. The molecule has 4 rings (SSSR count). The lowest BCUT2D eigenvalue weighted by Crippen LogP contribution is -2.24. The summed E-state index contributed by atoms with van der Waals surface area (Å²) < 4.78 is 13.5.